The molecule has 4 amide bonds. The van der Waals surface area contributed by atoms with Crippen molar-refractivity contribution < 1.29 is 23.2 Å². The fourth-order valence-corrected chi connectivity index (χ4v) is 5.17. The van der Waals surface area contributed by atoms with E-state index in [4.69, 9.17) is 11.6 Å². The third-order valence-corrected chi connectivity index (χ3v) is 7.04. The van der Waals surface area contributed by atoms with Crippen LogP contribution >= 0.6 is 11.6 Å². The lowest BCUT2D eigenvalue weighted by atomic mass is 9.65. The summed E-state index contributed by atoms with van der Waals surface area (Å²) in [5.41, 5.74) is -0.905. The highest BCUT2D eigenvalue weighted by Crippen LogP contribution is 2.44. The molecule has 1 aliphatic heterocycles. The molecule has 2 saturated carbocycles. The number of hydrogen-bond acceptors (Lipinski definition) is 3. The van der Waals surface area contributed by atoms with Gasteiger partial charge in [-0.25, -0.2) is 13.6 Å². The van der Waals surface area contributed by atoms with Crippen molar-refractivity contribution in [3.05, 3.63) is 34.4 Å². The van der Waals surface area contributed by atoms with E-state index in [0.29, 0.717) is 12.8 Å². The number of amides is 4. The SMILES string of the molecule is CN1C(=O)CC2(CC(C(=O)NC(c3c(F)ccc(Cl)c3F)C3CCCC3)C2)NC1=O. The lowest BCUT2D eigenvalue weighted by Crippen LogP contribution is -2.67. The van der Waals surface area contributed by atoms with Crippen LogP contribution in [0.15, 0.2) is 12.1 Å². The van der Waals surface area contributed by atoms with Crippen molar-refractivity contribution in [1.82, 2.24) is 15.5 Å². The fraction of sp³-hybridized carbons (Fsp3) is 0.571. The average Bonchev–Trinajstić information content (AvgIpc) is 3.20. The summed E-state index contributed by atoms with van der Waals surface area (Å²) < 4.78 is 29.3. The number of carbonyl (C=O) groups excluding carboxylic acids is 3. The van der Waals surface area contributed by atoms with Gasteiger partial charge in [0, 0.05) is 18.5 Å². The highest BCUT2D eigenvalue weighted by molar-refractivity contribution is 6.30. The van der Waals surface area contributed by atoms with E-state index >= 15 is 0 Å². The summed E-state index contributed by atoms with van der Waals surface area (Å²) in [7, 11) is 1.41. The van der Waals surface area contributed by atoms with Gasteiger partial charge < -0.3 is 10.6 Å². The molecule has 0 radical (unpaired) electrons. The molecule has 1 aromatic rings. The minimum absolute atomic E-state index is 0.0740. The predicted octanol–water partition coefficient (Wildman–Crippen LogP) is 3.69. The number of halogens is 3. The molecule has 4 rings (SSSR count). The summed E-state index contributed by atoms with van der Waals surface area (Å²) in [6, 6.07) is 1.01. The molecular formula is C21H24ClF2N3O3. The molecule has 1 spiro atoms. The molecule has 162 valence electrons. The van der Waals surface area contributed by atoms with E-state index in [1.807, 2.05) is 0 Å². The summed E-state index contributed by atoms with van der Waals surface area (Å²) in [6.07, 6.45) is 4.19. The van der Waals surface area contributed by atoms with Gasteiger partial charge >= 0.3 is 6.03 Å². The topological polar surface area (TPSA) is 78.5 Å². The van der Waals surface area contributed by atoms with Crippen molar-refractivity contribution in [1.29, 1.82) is 0 Å². The molecular weight excluding hydrogens is 416 g/mol. The highest BCUT2D eigenvalue weighted by Gasteiger charge is 2.53. The summed E-state index contributed by atoms with van der Waals surface area (Å²) >= 11 is 5.88. The van der Waals surface area contributed by atoms with Crippen molar-refractivity contribution in [2.24, 2.45) is 11.8 Å². The van der Waals surface area contributed by atoms with Gasteiger partial charge in [-0.3, -0.25) is 14.5 Å². The van der Waals surface area contributed by atoms with Crippen molar-refractivity contribution in [2.45, 2.75) is 56.5 Å². The van der Waals surface area contributed by atoms with E-state index in [1.165, 1.54) is 13.1 Å². The zero-order valence-corrected chi connectivity index (χ0v) is 17.4. The van der Waals surface area contributed by atoms with Crippen LogP contribution in [0.3, 0.4) is 0 Å². The smallest absolute Gasteiger partial charge is 0.324 e. The van der Waals surface area contributed by atoms with Crippen LogP contribution in [-0.2, 0) is 9.59 Å². The van der Waals surface area contributed by atoms with Crippen LogP contribution < -0.4 is 10.6 Å². The summed E-state index contributed by atoms with van der Waals surface area (Å²) in [4.78, 5) is 37.9. The van der Waals surface area contributed by atoms with Gasteiger partial charge in [-0.2, -0.15) is 0 Å². The lowest BCUT2D eigenvalue weighted by Gasteiger charge is -2.50. The molecule has 1 unspecified atom stereocenters. The molecule has 6 nitrogen and oxygen atoms in total. The van der Waals surface area contributed by atoms with Crippen LogP contribution in [0.5, 0.6) is 0 Å². The van der Waals surface area contributed by atoms with Crippen molar-refractivity contribution in [3.8, 4) is 0 Å². The number of rotatable bonds is 4. The molecule has 9 heteroatoms. The first kappa shape index (κ1) is 21.0. The molecule has 1 atom stereocenters. The number of carbonyl (C=O) groups is 3. The summed E-state index contributed by atoms with van der Waals surface area (Å²) in [6.45, 7) is 0. The standard InChI is InChI=1S/C21H24ClF2N3O3/c1-27-15(28)10-21(26-20(27)30)8-12(9-21)19(29)25-18(11-4-2-3-5-11)16-14(23)7-6-13(22)17(16)24/h6-7,11-12,18H,2-5,8-10H2,1H3,(H,25,29)(H,26,30). The predicted molar refractivity (Wildman–Crippen MR) is 106 cm³/mol. The summed E-state index contributed by atoms with van der Waals surface area (Å²) in [5, 5.41) is 5.48. The molecule has 30 heavy (non-hydrogen) atoms. The normalized spacial score (nSPS) is 27.7. The number of nitrogens with zero attached hydrogens (tertiary/aromatic N) is 1. The van der Waals surface area contributed by atoms with Crippen molar-refractivity contribution in [3.63, 3.8) is 0 Å². The van der Waals surface area contributed by atoms with E-state index < -0.39 is 35.2 Å². The van der Waals surface area contributed by atoms with E-state index in [9.17, 15) is 23.2 Å². The highest BCUT2D eigenvalue weighted by atomic mass is 35.5. The van der Waals surface area contributed by atoms with E-state index in [-0.39, 0.29) is 34.7 Å². The van der Waals surface area contributed by atoms with Gasteiger partial charge in [-0.15, -0.1) is 0 Å². The van der Waals surface area contributed by atoms with Crippen LogP contribution in [0.25, 0.3) is 0 Å². The molecule has 0 bridgehead atoms. The van der Waals surface area contributed by atoms with Gasteiger partial charge in [-0.1, -0.05) is 24.4 Å². The van der Waals surface area contributed by atoms with Crippen LogP contribution in [-0.4, -0.2) is 35.3 Å². The molecule has 1 heterocycles. The van der Waals surface area contributed by atoms with Crippen molar-refractivity contribution in [2.75, 3.05) is 7.05 Å². The molecule has 1 aromatic carbocycles. The Balaban J connectivity index is 1.50. The number of hydrogen-bond donors (Lipinski definition) is 2. The van der Waals surface area contributed by atoms with Gasteiger partial charge in [-0.05, 0) is 43.7 Å². The van der Waals surface area contributed by atoms with Crippen LogP contribution in [0.2, 0.25) is 5.02 Å². The first-order valence-electron chi connectivity index (χ1n) is 10.2. The monoisotopic (exact) mass is 439 g/mol. The lowest BCUT2D eigenvalue weighted by molar-refractivity contribution is -0.139. The first-order valence-corrected chi connectivity index (χ1v) is 10.6. The zero-order chi connectivity index (χ0) is 21.6. The van der Waals surface area contributed by atoms with Gasteiger partial charge in [0.2, 0.25) is 11.8 Å². The third kappa shape index (κ3) is 3.66. The second-order valence-corrected chi connectivity index (χ2v) is 9.14. The molecule has 2 N–H and O–H groups in total. The largest absolute Gasteiger partial charge is 0.349 e. The maximum Gasteiger partial charge on any atom is 0.324 e. The van der Waals surface area contributed by atoms with Gasteiger partial charge in [0.15, 0.2) is 0 Å². The van der Waals surface area contributed by atoms with Crippen molar-refractivity contribution >= 4 is 29.4 Å². The van der Waals surface area contributed by atoms with Crippen LogP contribution in [0.1, 0.15) is 56.6 Å². The molecule has 0 aromatic heterocycles. The molecule has 2 aliphatic carbocycles. The second-order valence-electron chi connectivity index (χ2n) is 8.73. The minimum atomic E-state index is -0.841. The Morgan fingerprint density at radius 1 is 1.27 bits per heavy atom. The van der Waals surface area contributed by atoms with Gasteiger partial charge in [0.1, 0.15) is 11.6 Å². The fourth-order valence-electron chi connectivity index (χ4n) is 5.01. The number of benzene rings is 1. The Morgan fingerprint density at radius 2 is 1.93 bits per heavy atom. The summed E-state index contributed by atoms with van der Waals surface area (Å²) in [5.74, 6) is -2.69. The number of nitrogens with one attached hydrogen (secondary N) is 2. The quantitative estimate of drug-likeness (QED) is 0.702. The zero-order valence-electron chi connectivity index (χ0n) is 16.6. The Bertz CT molecular complexity index is 878. The van der Waals surface area contributed by atoms with Crippen LogP contribution in [0.4, 0.5) is 13.6 Å². The third-order valence-electron chi connectivity index (χ3n) is 6.74. The average molecular weight is 440 g/mol. The van der Waals surface area contributed by atoms with E-state index in [2.05, 4.69) is 10.6 Å². The number of imide groups is 1. The van der Waals surface area contributed by atoms with E-state index in [0.717, 1.165) is 36.6 Å². The van der Waals surface area contributed by atoms with Gasteiger partial charge in [0.25, 0.3) is 0 Å². The minimum Gasteiger partial charge on any atom is -0.349 e. The first-order chi connectivity index (χ1) is 14.2. The second kappa shape index (κ2) is 7.80. The molecule has 3 aliphatic rings. The van der Waals surface area contributed by atoms with E-state index in [1.54, 1.807) is 0 Å². The Labute approximate surface area is 178 Å². The van der Waals surface area contributed by atoms with Gasteiger partial charge in [0.05, 0.1) is 23.0 Å². The maximum atomic E-state index is 14.7. The Hall–Kier alpha value is -2.22. The van der Waals surface area contributed by atoms with Crippen LogP contribution in [0, 0.1) is 23.5 Å². The number of urea groups is 1. The molecule has 1 saturated heterocycles. The Kier molecular flexibility index (Phi) is 5.46. The molecule has 3 fully saturated rings. The maximum absolute atomic E-state index is 14.7. The Morgan fingerprint density at radius 3 is 2.57 bits per heavy atom.